The van der Waals surface area contributed by atoms with E-state index < -0.39 is 0 Å². The number of rotatable bonds is 7. The predicted octanol–water partition coefficient (Wildman–Crippen LogP) is 5.73. The van der Waals surface area contributed by atoms with E-state index in [0.29, 0.717) is 10.6 Å². The first-order valence-electron chi connectivity index (χ1n) is 11.4. The third-order valence-corrected chi connectivity index (χ3v) is 6.40. The molecule has 170 valence electrons. The van der Waals surface area contributed by atoms with Crippen LogP contribution in [0.5, 0.6) is 0 Å². The molecule has 1 saturated heterocycles. The number of nitrogens with one attached hydrogen (secondary N) is 1. The van der Waals surface area contributed by atoms with Crippen molar-refractivity contribution < 1.29 is 4.79 Å². The van der Waals surface area contributed by atoms with Gasteiger partial charge in [0.05, 0.1) is 0 Å². The zero-order valence-electron chi connectivity index (χ0n) is 19.0. The molecule has 0 unspecified atom stereocenters. The van der Waals surface area contributed by atoms with Gasteiger partial charge < -0.3 is 5.32 Å². The molecule has 1 aliphatic heterocycles. The van der Waals surface area contributed by atoms with Crippen LogP contribution in [0.15, 0.2) is 78.9 Å². The quantitative estimate of drug-likeness (QED) is 0.490. The number of amides is 1. The molecule has 0 spiro atoms. The van der Waals surface area contributed by atoms with Gasteiger partial charge in [0, 0.05) is 55.5 Å². The maximum Gasteiger partial charge on any atom is 0.255 e. The molecule has 1 heterocycles. The van der Waals surface area contributed by atoms with Gasteiger partial charge in [-0.25, -0.2) is 0 Å². The van der Waals surface area contributed by atoms with Gasteiger partial charge in [-0.05, 0) is 53.9 Å². The standard InChI is InChI=1S/C28H30ClN3O/c1-22-20-26(13-14-27(22)29)30-28(33)25-11-9-24(10-12-25)21-32-18-16-31(17-19-32)15-5-8-23-6-3-2-4-7-23/h2-14,20H,15-19,21H2,1H3,(H,30,33). The van der Waals surface area contributed by atoms with Crippen molar-refractivity contribution in [2.45, 2.75) is 13.5 Å². The third kappa shape index (κ3) is 6.78. The van der Waals surface area contributed by atoms with Crippen LogP contribution in [0.2, 0.25) is 5.02 Å². The maximum atomic E-state index is 12.6. The molecule has 1 aliphatic rings. The third-order valence-electron chi connectivity index (χ3n) is 5.98. The van der Waals surface area contributed by atoms with E-state index in [-0.39, 0.29) is 5.91 Å². The van der Waals surface area contributed by atoms with Gasteiger partial charge >= 0.3 is 0 Å². The Morgan fingerprint density at radius 1 is 0.939 bits per heavy atom. The van der Waals surface area contributed by atoms with Crippen molar-refractivity contribution in [2.75, 3.05) is 38.0 Å². The van der Waals surface area contributed by atoms with Crippen molar-refractivity contribution in [1.82, 2.24) is 9.80 Å². The van der Waals surface area contributed by atoms with E-state index in [1.807, 2.05) is 37.3 Å². The van der Waals surface area contributed by atoms with Gasteiger partial charge in [-0.1, -0.05) is 66.2 Å². The number of carbonyl (C=O) groups excluding carboxylic acids is 1. The summed E-state index contributed by atoms with van der Waals surface area (Å²) in [7, 11) is 0. The number of benzene rings is 3. The summed E-state index contributed by atoms with van der Waals surface area (Å²) in [5.74, 6) is -0.111. The van der Waals surface area contributed by atoms with Gasteiger partial charge in [0.15, 0.2) is 0 Å². The van der Waals surface area contributed by atoms with E-state index in [0.717, 1.165) is 50.5 Å². The second kappa shape index (κ2) is 11.3. The van der Waals surface area contributed by atoms with Crippen LogP contribution >= 0.6 is 11.6 Å². The van der Waals surface area contributed by atoms with Crippen LogP contribution in [-0.2, 0) is 6.54 Å². The van der Waals surface area contributed by atoms with Crippen molar-refractivity contribution >= 4 is 29.3 Å². The van der Waals surface area contributed by atoms with Crippen molar-refractivity contribution in [1.29, 1.82) is 0 Å². The van der Waals surface area contributed by atoms with Gasteiger partial charge in [0.1, 0.15) is 0 Å². The summed E-state index contributed by atoms with van der Waals surface area (Å²) < 4.78 is 0. The van der Waals surface area contributed by atoms with E-state index >= 15 is 0 Å². The van der Waals surface area contributed by atoms with Crippen LogP contribution in [-0.4, -0.2) is 48.4 Å². The Labute approximate surface area is 201 Å². The number of carbonyl (C=O) groups is 1. The van der Waals surface area contributed by atoms with E-state index in [1.54, 1.807) is 6.07 Å². The lowest BCUT2D eigenvalue weighted by Gasteiger charge is -2.34. The lowest BCUT2D eigenvalue weighted by atomic mass is 10.1. The Balaban J connectivity index is 1.22. The van der Waals surface area contributed by atoms with Gasteiger partial charge in [0.2, 0.25) is 0 Å². The molecule has 4 nitrogen and oxygen atoms in total. The summed E-state index contributed by atoms with van der Waals surface area (Å²) in [6.07, 6.45) is 4.44. The summed E-state index contributed by atoms with van der Waals surface area (Å²) in [5, 5.41) is 3.64. The molecule has 1 fully saturated rings. The molecule has 0 radical (unpaired) electrons. The summed E-state index contributed by atoms with van der Waals surface area (Å²) in [6, 6.07) is 23.8. The Kier molecular flexibility index (Phi) is 7.95. The van der Waals surface area contributed by atoms with Crippen LogP contribution in [0.25, 0.3) is 6.08 Å². The van der Waals surface area contributed by atoms with E-state index in [9.17, 15) is 4.79 Å². The van der Waals surface area contributed by atoms with Gasteiger partial charge in [0.25, 0.3) is 5.91 Å². The smallest absolute Gasteiger partial charge is 0.255 e. The first kappa shape index (κ1) is 23.2. The van der Waals surface area contributed by atoms with Crippen LogP contribution in [0.4, 0.5) is 5.69 Å². The highest BCUT2D eigenvalue weighted by molar-refractivity contribution is 6.31. The number of aryl methyl sites for hydroxylation is 1. The molecule has 0 saturated carbocycles. The van der Waals surface area contributed by atoms with Crippen LogP contribution in [0.3, 0.4) is 0 Å². The fourth-order valence-corrected chi connectivity index (χ4v) is 4.09. The first-order chi connectivity index (χ1) is 16.1. The largest absolute Gasteiger partial charge is 0.322 e. The molecule has 33 heavy (non-hydrogen) atoms. The summed E-state index contributed by atoms with van der Waals surface area (Å²) >= 11 is 6.06. The fourth-order valence-electron chi connectivity index (χ4n) is 3.98. The Bertz CT molecular complexity index is 1090. The van der Waals surface area contributed by atoms with Crippen molar-refractivity contribution in [3.63, 3.8) is 0 Å². The number of hydrogen-bond acceptors (Lipinski definition) is 3. The summed E-state index contributed by atoms with van der Waals surface area (Å²) in [6.45, 7) is 8.06. The minimum atomic E-state index is -0.111. The molecule has 3 aromatic rings. The summed E-state index contributed by atoms with van der Waals surface area (Å²) in [5.41, 5.74) is 4.82. The minimum Gasteiger partial charge on any atom is -0.322 e. The molecule has 4 rings (SSSR count). The minimum absolute atomic E-state index is 0.111. The van der Waals surface area contributed by atoms with Crippen molar-refractivity contribution in [2.24, 2.45) is 0 Å². The molecular weight excluding hydrogens is 430 g/mol. The maximum absolute atomic E-state index is 12.6. The SMILES string of the molecule is Cc1cc(NC(=O)c2ccc(CN3CCN(CC=Cc4ccccc4)CC3)cc2)ccc1Cl. The molecule has 0 aliphatic carbocycles. The van der Waals surface area contributed by atoms with E-state index in [4.69, 9.17) is 11.6 Å². The fraction of sp³-hybridized carbons (Fsp3) is 0.250. The van der Waals surface area contributed by atoms with Crippen LogP contribution in [0, 0.1) is 6.92 Å². The van der Waals surface area contributed by atoms with Crippen LogP contribution < -0.4 is 5.32 Å². The van der Waals surface area contributed by atoms with E-state index in [1.165, 1.54) is 11.1 Å². The second-order valence-corrected chi connectivity index (χ2v) is 8.91. The molecule has 0 aromatic heterocycles. The zero-order chi connectivity index (χ0) is 23.0. The Morgan fingerprint density at radius 3 is 2.33 bits per heavy atom. The molecule has 0 bridgehead atoms. The van der Waals surface area contributed by atoms with Gasteiger partial charge in [-0.3, -0.25) is 14.6 Å². The molecule has 5 heteroatoms. The predicted molar refractivity (Wildman–Crippen MR) is 138 cm³/mol. The molecule has 1 amide bonds. The Morgan fingerprint density at radius 2 is 1.64 bits per heavy atom. The normalized spacial score (nSPS) is 15.1. The van der Waals surface area contributed by atoms with Crippen molar-refractivity contribution in [3.05, 3.63) is 106 Å². The summed E-state index contributed by atoms with van der Waals surface area (Å²) in [4.78, 5) is 17.5. The number of nitrogens with zero attached hydrogens (tertiary/aromatic N) is 2. The van der Waals surface area contributed by atoms with Crippen molar-refractivity contribution in [3.8, 4) is 0 Å². The highest BCUT2D eigenvalue weighted by atomic mass is 35.5. The molecular formula is C28H30ClN3O. The number of hydrogen-bond donors (Lipinski definition) is 1. The molecule has 1 N–H and O–H groups in total. The van der Waals surface area contributed by atoms with E-state index in [2.05, 4.69) is 63.7 Å². The number of halogens is 1. The monoisotopic (exact) mass is 459 g/mol. The molecule has 3 aromatic carbocycles. The lowest BCUT2D eigenvalue weighted by molar-refractivity contribution is 0.102. The number of anilines is 1. The topological polar surface area (TPSA) is 35.6 Å². The highest BCUT2D eigenvalue weighted by Crippen LogP contribution is 2.20. The second-order valence-electron chi connectivity index (χ2n) is 8.50. The average molecular weight is 460 g/mol. The van der Waals surface area contributed by atoms with Gasteiger partial charge in [-0.2, -0.15) is 0 Å². The first-order valence-corrected chi connectivity index (χ1v) is 11.8. The zero-order valence-corrected chi connectivity index (χ0v) is 19.8. The van der Waals surface area contributed by atoms with Gasteiger partial charge in [-0.15, -0.1) is 0 Å². The van der Waals surface area contributed by atoms with Crippen LogP contribution in [0.1, 0.15) is 27.0 Å². The Hall–Kier alpha value is -2.92. The lowest BCUT2D eigenvalue weighted by Crippen LogP contribution is -2.45. The molecule has 0 atom stereocenters. The number of piperazine rings is 1. The highest BCUT2D eigenvalue weighted by Gasteiger charge is 2.16. The average Bonchev–Trinajstić information content (AvgIpc) is 2.84.